The van der Waals surface area contributed by atoms with Gasteiger partial charge in [-0.1, -0.05) is 41.9 Å². The van der Waals surface area contributed by atoms with Crippen LogP contribution in [0.5, 0.6) is 0 Å². The number of nitrogens with one attached hydrogen (secondary N) is 2. The van der Waals surface area contributed by atoms with Crippen LogP contribution in [0.15, 0.2) is 53.5 Å². The summed E-state index contributed by atoms with van der Waals surface area (Å²) in [4.78, 5) is 22.0. The summed E-state index contributed by atoms with van der Waals surface area (Å²) >= 11 is 11.8. The van der Waals surface area contributed by atoms with Crippen molar-refractivity contribution in [3.63, 3.8) is 0 Å². The third-order valence-corrected chi connectivity index (χ3v) is 6.12. The number of fused-ring (bicyclic) bond motifs is 1. The number of carbonyl (C=O) groups is 1. The predicted molar refractivity (Wildman–Crippen MR) is 130 cm³/mol. The number of aliphatic imine (C=N–C) groups is 1. The van der Waals surface area contributed by atoms with Crippen LogP contribution in [0.25, 0.3) is 0 Å². The first-order valence-corrected chi connectivity index (χ1v) is 11.3. The molecule has 0 saturated carbocycles. The zero-order valence-corrected chi connectivity index (χ0v) is 19.0. The number of likely N-dealkylation sites (N-methyl/N-ethyl adjacent to an activating group) is 1. The van der Waals surface area contributed by atoms with Crippen molar-refractivity contribution in [3.8, 4) is 0 Å². The summed E-state index contributed by atoms with van der Waals surface area (Å²) in [5.41, 5.74) is 3.18. The summed E-state index contributed by atoms with van der Waals surface area (Å²) in [6.45, 7) is 3.94. The second-order valence-corrected chi connectivity index (χ2v) is 8.60. The Morgan fingerprint density at radius 1 is 1.19 bits per heavy atom. The maximum absolute atomic E-state index is 13.2. The molecule has 2 aromatic rings. The van der Waals surface area contributed by atoms with Crippen molar-refractivity contribution in [2.75, 3.05) is 38.1 Å². The molecule has 1 unspecified atom stereocenters. The lowest BCUT2D eigenvalue weighted by Gasteiger charge is -2.22. The van der Waals surface area contributed by atoms with Crippen LogP contribution < -0.4 is 15.5 Å². The molecule has 1 atom stereocenters. The van der Waals surface area contributed by atoms with E-state index in [-0.39, 0.29) is 5.91 Å². The minimum absolute atomic E-state index is 0.182. The Kier molecular flexibility index (Phi) is 6.85. The molecule has 8 heteroatoms. The van der Waals surface area contributed by atoms with Crippen molar-refractivity contribution in [2.45, 2.75) is 19.0 Å². The van der Waals surface area contributed by atoms with Crippen molar-refractivity contribution in [3.05, 3.63) is 64.7 Å². The number of halogens is 1. The van der Waals surface area contributed by atoms with E-state index >= 15 is 0 Å². The first-order valence-electron chi connectivity index (χ1n) is 10.5. The van der Waals surface area contributed by atoms with Gasteiger partial charge in [0.1, 0.15) is 0 Å². The van der Waals surface area contributed by atoms with Gasteiger partial charge in [-0.15, -0.1) is 0 Å². The van der Waals surface area contributed by atoms with Crippen molar-refractivity contribution >= 4 is 46.2 Å². The van der Waals surface area contributed by atoms with E-state index in [1.807, 2.05) is 42.5 Å². The minimum atomic E-state index is -0.835. The van der Waals surface area contributed by atoms with E-state index in [0.29, 0.717) is 15.8 Å². The molecule has 2 aliphatic heterocycles. The first-order chi connectivity index (χ1) is 15.0. The van der Waals surface area contributed by atoms with Crippen LogP contribution in [0, 0.1) is 0 Å². The number of amides is 1. The van der Waals surface area contributed by atoms with E-state index in [4.69, 9.17) is 28.8 Å². The molecule has 31 heavy (non-hydrogen) atoms. The summed E-state index contributed by atoms with van der Waals surface area (Å²) in [6.07, 6.45) is 1.68. The van der Waals surface area contributed by atoms with Crippen molar-refractivity contribution in [1.82, 2.24) is 15.5 Å². The molecular weight excluding hydrogens is 430 g/mol. The molecule has 2 aromatic carbocycles. The van der Waals surface area contributed by atoms with Crippen LogP contribution in [0.2, 0.25) is 5.02 Å². The molecule has 0 radical (unpaired) electrons. The summed E-state index contributed by atoms with van der Waals surface area (Å²) in [5, 5.41) is 7.33. The minimum Gasteiger partial charge on any atom is -0.361 e. The van der Waals surface area contributed by atoms with E-state index in [0.717, 1.165) is 43.0 Å². The van der Waals surface area contributed by atoms with Gasteiger partial charge in [0.2, 0.25) is 6.17 Å². The van der Waals surface area contributed by atoms with E-state index in [1.54, 1.807) is 18.0 Å². The molecule has 2 aliphatic rings. The first kappa shape index (κ1) is 21.7. The molecule has 1 saturated heterocycles. The van der Waals surface area contributed by atoms with Crippen LogP contribution in [-0.2, 0) is 4.79 Å². The Balaban J connectivity index is 1.57. The largest absolute Gasteiger partial charge is 0.361 e. The lowest BCUT2D eigenvalue weighted by Crippen LogP contribution is -2.50. The predicted octanol–water partition coefficient (Wildman–Crippen LogP) is 3.04. The highest BCUT2D eigenvalue weighted by molar-refractivity contribution is 7.80. The number of benzodiazepines with no additional fused rings is 1. The second kappa shape index (κ2) is 9.77. The third kappa shape index (κ3) is 5.06. The quantitative estimate of drug-likeness (QED) is 0.678. The number of hydrogen-bond acceptors (Lipinski definition) is 4. The summed E-state index contributed by atoms with van der Waals surface area (Å²) in [7, 11) is 1.75. The van der Waals surface area contributed by atoms with E-state index in [2.05, 4.69) is 15.5 Å². The van der Waals surface area contributed by atoms with E-state index in [1.165, 1.54) is 12.8 Å². The van der Waals surface area contributed by atoms with Gasteiger partial charge in [0.25, 0.3) is 5.91 Å². The fourth-order valence-electron chi connectivity index (χ4n) is 3.98. The van der Waals surface area contributed by atoms with Gasteiger partial charge in [-0.05, 0) is 56.3 Å². The lowest BCUT2D eigenvalue weighted by atomic mass is 10.0. The van der Waals surface area contributed by atoms with Crippen LogP contribution in [0.1, 0.15) is 24.0 Å². The Morgan fingerprint density at radius 3 is 2.68 bits per heavy atom. The van der Waals surface area contributed by atoms with Gasteiger partial charge in [-0.2, -0.15) is 0 Å². The molecule has 0 aromatic heterocycles. The highest BCUT2D eigenvalue weighted by Crippen LogP contribution is 2.29. The Bertz CT molecular complexity index is 991. The molecule has 1 fully saturated rings. The zero-order valence-electron chi connectivity index (χ0n) is 17.5. The Morgan fingerprint density at radius 2 is 1.94 bits per heavy atom. The lowest BCUT2D eigenvalue weighted by molar-refractivity contribution is -0.119. The molecular formula is C23H26ClN5OS. The highest BCUT2D eigenvalue weighted by Gasteiger charge is 2.30. The molecule has 2 N–H and O–H groups in total. The average molecular weight is 456 g/mol. The molecule has 0 aliphatic carbocycles. The summed E-state index contributed by atoms with van der Waals surface area (Å²) in [6, 6.07) is 15.3. The van der Waals surface area contributed by atoms with Gasteiger partial charge in [0.05, 0.1) is 11.4 Å². The molecule has 162 valence electrons. The number of anilines is 1. The Hall–Kier alpha value is -2.48. The van der Waals surface area contributed by atoms with Gasteiger partial charge >= 0.3 is 0 Å². The molecule has 0 spiro atoms. The number of carbonyl (C=O) groups excluding carboxylic acids is 1. The topological polar surface area (TPSA) is 60.0 Å². The van der Waals surface area contributed by atoms with Gasteiger partial charge < -0.3 is 20.4 Å². The van der Waals surface area contributed by atoms with E-state index < -0.39 is 6.17 Å². The SMILES string of the molecule is CN1C(=O)C(NC(=S)NCCN2CCCC2)N=C(c2ccccc2)c2cc(Cl)ccc21. The molecule has 6 nitrogen and oxygen atoms in total. The number of hydrogen-bond donors (Lipinski definition) is 2. The monoisotopic (exact) mass is 455 g/mol. The average Bonchev–Trinajstić information content (AvgIpc) is 3.26. The maximum Gasteiger partial charge on any atom is 0.272 e. The smallest absolute Gasteiger partial charge is 0.272 e. The third-order valence-electron chi connectivity index (χ3n) is 5.63. The number of nitrogens with zero attached hydrogens (tertiary/aromatic N) is 3. The number of thiocarbonyl (C=S) groups is 1. The van der Waals surface area contributed by atoms with Gasteiger partial charge in [0.15, 0.2) is 5.11 Å². The summed E-state index contributed by atoms with van der Waals surface area (Å²) < 4.78 is 0. The number of rotatable bonds is 5. The fourth-order valence-corrected chi connectivity index (χ4v) is 4.36. The standard InChI is InChI=1S/C23H26ClN5OS/c1-28-19-10-9-17(24)15-18(19)20(16-7-3-2-4-8-16)26-21(22(28)30)27-23(31)25-11-14-29-12-5-6-13-29/h2-4,7-10,15,21H,5-6,11-14H2,1H3,(H2,25,27,31). The second-order valence-electron chi connectivity index (χ2n) is 7.75. The van der Waals surface area contributed by atoms with Gasteiger partial charge in [-0.3, -0.25) is 4.79 Å². The van der Waals surface area contributed by atoms with Gasteiger partial charge in [-0.25, -0.2) is 4.99 Å². The van der Waals surface area contributed by atoms with Crippen LogP contribution in [0.3, 0.4) is 0 Å². The zero-order chi connectivity index (χ0) is 21.8. The summed E-state index contributed by atoms with van der Waals surface area (Å²) in [5.74, 6) is -0.182. The van der Waals surface area contributed by atoms with Gasteiger partial charge in [0, 0.05) is 36.3 Å². The fraction of sp³-hybridized carbons (Fsp3) is 0.348. The van der Waals surface area contributed by atoms with Crippen molar-refractivity contribution in [2.24, 2.45) is 4.99 Å². The number of benzene rings is 2. The van der Waals surface area contributed by atoms with Crippen molar-refractivity contribution in [1.29, 1.82) is 0 Å². The molecule has 0 bridgehead atoms. The number of likely N-dealkylation sites (tertiary alicyclic amines) is 1. The molecule has 1 amide bonds. The van der Waals surface area contributed by atoms with Crippen LogP contribution in [-0.4, -0.2) is 61.0 Å². The van der Waals surface area contributed by atoms with Crippen LogP contribution >= 0.6 is 23.8 Å². The van der Waals surface area contributed by atoms with Crippen molar-refractivity contribution < 1.29 is 4.79 Å². The maximum atomic E-state index is 13.2. The molecule has 4 rings (SSSR count). The highest BCUT2D eigenvalue weighted by atomic mass is 35.5. The Labute approximate surface area is 193 Å². The molecule has 2 heterocycles. The van der Waals surface area contributed by atoms with Crippen LogP contribution in [0.4, 0.5) is 5.69 Å². The normalized spacial score (nSPS) is 18.9. The van der Waals surface area contributed by atoms with E-state index in [9.17, 15) is 4.79 Å².